The quantitative estimate of drug-likeness (QED) is 0.515. The predicted octanol–water partition coefficient (Wildman–Crippen LogP) is 3.44. The summed E-state index contributed by atoms with van der Waals surface area (Å²) in [6.07, 6.45) is 0.976. The molecule has 3 aliphatic rings. The maximum Gasteiger partial charge on any atom is 0.410 e. The fourth-order valence-corrected chi connectivity index (χ4v) is 4.89. The Hall–Kier alpha value is -3.69. The normalized spacial score (nSPS) is 23.1. The molecule has 1 aliphatic carbocycles. The first kappa shape index (κ1) is 25.9. The van der Waals surface area contributed by atoms with Gasteiger partial charge in [-0.1, -0.05) is 11.6 Å². The van der Waals surface area contributed by atoms with Crippen LogP contribution in [0.15, 0.2) is 24.5 Å². The molecule has 2 atom stereocenters. The molecule has 2 bridgehead atoms. The van der Waals surface area contributed by atoms with E-state index in [9.17, 15) is 9.59 Å². The van der Waals surface area contributed by atoms with Gasteiger partial charge in [0.1, 0.15) is 12.4 Å². The summed E-state index contributed by atoms with van der Waals surface area (Å²) in [5.74, 6) is -2.26. The van der Waals surface area contributed by atoms with Gasteiger partial charge in [-0.3, -0.25) is 0 Å². The molecule has 1 aromatic carbocycles. The van der Waals surface area contributed by atoms with Crippen molar-refractivity contribution in [3.05, 3.63) is 40.9 Å². The van der Waals surface area contributed by atoms with Crippen LogP contribution in [0.3, 0.4) is 0 Å². The molecular weight excluding hydrogens is 521 g/mol. The van der Waals surface area contributed by atoms with E-state index in [2.05, 4.69) is 15.3 Å². The lowest BCUT2D eigenvalue weighted by molar-refractivity contribution is -0.157. The number of ether oxygens (including phenoxy) is 4. The summed E-state index contributed by atoms with van der Waals surface area (Å²) in [5.41, 5.74) is -0.468. The van der Waals surface area contributed by atoms with Gasteiger partial charge >= 0.3 is 12.1 Å². The number of anilines is 2. The Bertz CT molecular complexity index is 1270. The summed E-state index contributed by atoms with van der Waals surface area (Å²) >= 11 is 6.19. The lowest BCUT2D eigenvalue weighted by atomic mass is 9.84. The highest BCUT2D eigenvalue weighted by atomic mass is 35.5. The Labute approximate surface area is 222 Å². The standard InChI is InChI=1S/C25H25ClFN5O6/c1-2-36-23(33)25(5-6-25)38-24(34)32-9-15-11-35-12-16(10-32)20(15)37-22-19(27)21(29-13-30-22)31-18-4-3-14(8-28)7-17(18)26/h3-4,7,13,15-16,20H,2,5-6,9-12H2,1H3,(H,29,30,31). The number of nitrogens with zero attached hydrogens (tertiary/aromatic N) is 4. The second-order valence-corrected chi connectivity index (χ2v) is 9.81. The maximum atomic E-state index is 15.3. The average Bonchev–Trinajstić information content (AvgIpc) is 3.68. The highest BCUT2D eigenvalue weighted by molar-refractivity contribution is 6.33. The van der Waals surface area contributed by atoms with Crippen molar-refractivity contribution < 1.29 is 32.9 Å². The van der Waals surface area contributed by atoms with Crippen molar-refractivity contribution in [2.24, 2.45) is 11.8 Å². The summed E-state index contributed by atoms with van der Waals surface area (Å²) in [5, 5.41) is 12.0. The second-order valence-electron chi connectivity index (χ2n) is 9.40. The van der Waals surface area contributed by atoms with E-state index in [0.29, 0.717) is 37.3 Å². The Kier molecular flexibility index (Phi) is 7.23. The van der Waals surface area contributed by atoms with Crippen LogP contribution in [0, 0.1) is 29.0 Å². The predicted molar refractivity (Wildman–Crippen MR) is 130 cm³/mol. The van der Waals surface area contributed by atoms with Crippen LogP contribution < -0.4 is 10.1 Å². The number of hydrogen-bond donors (Lipinski definition) is 1. The summed E-state index contributed by atoms with van der Waals surface area (Å²) < 4.78 is 37.6. The summed E-state index contributed by atoms with van der Waals surface area (Å²) in [7, 11) is 0. The van der Waals surface area contributed by atoms with Crippen molar-refractivity contribution in [2.45, 2.75) is 31.5 Å². The molecule has 2 saturated heterocycles. The second kappa shape index (κ2) is 10.6. The molecule has 200 valence electrons. The third-order valence-corrected chi connectivity index (χ3v) is 7.06. The fourth-order valence-electron chi connectivity index (χ4n) is 4.66. The number of halogens is 2. The molecule has 2 aromatic rings. The highest BCUT2D eigenvalue weighted by Crippen LogP contribution is 2.42. The zero-order valence-corrected chi connectivity index (χ0v) is 21.2. The lowest BCUT2D eigenvalue weighted by Crippen LogP contribution is -2.59. The van der Waals surface area contributed by atoms with Crippen LogP contribution in [0.1, 0.15) is 25.3 Å². The van der Waals surface area contributed by atoms with Crippen LogP contribution in [0.25, 0.3) is 0 Å². The minimum absolute atomic E-state index is 0.141. The third-order valence-electron chi connectivity index (χ3n) is 6.75. The van der Waals surface area contributed by atoms with Gasteiger partial charge < -0.3 is 29.2 Å². The number of carbonyl (C=O) groups is 2. The van der Waals surface area contributed by atoms with E-state index in [1.165, 1.54) is 17.3 Å². The molecular formula is C25H25ClFN5O6. The molecule has 38 heavy (non-hydrogen) atoms. The van der Waals surface area contributed by atoms with Crippen molar-refractivity contribution in [2.75, 3.05) is 38.2 Å². The number of rotatable bonds is 7. The molecule has 2 unspecified atom stereocenters. The van der Waals surface area contributed by atoms with Crippen LogP contribution in [0.5, 0.6) is 5.88 Å². The van der Waals surface area contributed by atoms with E-state index < -0.39 is 29.6 Å². The summed E-state index contributed by atoms with van der Waals surface area (Å²) in [4.78, 5) is 34.5. The van der Waals surface area contributed by atoms with Gasteiger partial charge in [0.15, 0.2) is 5.82 Å². The Morgan fingerprint density at radius 1 is 1.29 bits per heavy atom. The molecule has 5 rings (SSSR count). The van der Waals surface area contributed by atoms with Crippen molar-refractivity contribution in [3.63, 3.8) is 0 Å². The lowest BCUT2D eigenvalue weighted by Gasteiger charge is -2.45. The minimum atomic E-state index is -1.20. The van der Waals surface area contributed by atoms with Gasteiger partial charge in [0.25, 0.3) is 5.88 Å². The topological polar surface area (TPSA) is 136 Å². The number of amides is 1. The van der Waals surface area contributed by atoms with Gasteiger partial charge in [-0.25, -0.2) is 14.6 Å². The first-order valence-corrected chi connectivity index (χ1v) is 12.6. The van der Waals surface area contributed by atoms with Crippen LogP contribution in [-0.2, 0) is 19.0 Å². The number of esters is 1. The van der Waals surface area contributed by atoms with E-state index in [-0.39, 0.29) is 48.3 Å². The van der Waals surface area contributed by atoms with Gasteiger partial charge in [0, 0.05) is 37.8 Å². The van der Waals surface area contributed by atoms with Crippen LogP contribution >= 0.6 is 11.6 Å². The third kappa shape index (κ3) is 5.16. The first-order valence-electron chi connectivity index (χ1n) is 12.2. The van der Waals surface area contributed by atoms with Crippen LogP contribution in [0.2, 0.25) is 5.02 Å². The van der Waals surface area contributed by atoms with Gasteiger partial charge in [0.2, 0.25) is 11.4 Å². The van der Waals surface area contributed by atoms with Gasteiger partial charge in [-0.05, 0) is 25.1 Å². The molecule has 1 amide bonds. The number of carbonyl (C=O) groups excluding carboxylic acids is 2. The molecule has 11 nitrogen and oxygen atoms in total. The Morgan fingerprint density at radius 2 is 2.03 bits per heavy atom. The molecule has 3 fully saturated rings. The van der Waals surface area contributed by atoms with E-state index in [4.69, 9.17) is 35.8 Å². The minimum Gasteiger partial charge on any atom is -0.471 e. The molecule has 1 N–H and O–H groups in total. The Balaban J connectivity index is 1.26. The van der Waals surface area contributed by atoms with E-state index >= 15 is 4.39 Å². The van der Waals surface area contributed by atoms with E-state index in [1.807, 2.05) is 6.07 Å². The number of aromatic nitrogens is 2. The molecule has 0 spiro atoms. The van der Waals surface area contributed by atoms with E-state index in [1.54, 1.807) is 19.1 Å². The van der Waals surface area contributed by atoms with Crippen molar-refractivity contribution >= 4 is 35.2 Å². The first-order chi connectivity index (χ1) is 18.3. The zero-order valence-electron chi connectivity index (χ0n) is 20.5. The van der Waals surface area contributed by atoms with Crippen LogP contribution in [-0.4, -0.2) is 71.5 Å². The average molecular weight is 546 g/mol. The summed E-state index contributed by atoms with van der Waals surface area (Å²) in [6, 6.07) is 6.53. The molecule has 0 radical (unpaired) electrons. The molecule has 13 heteroatoms. The van der Waals surface area contributed by atoms with Gasteiger partial charge in [-0.2, -0.15) is 14.6 Å². The summed E-state index contributed by atoms with van der Waals surface area (Å²) in [6.45, 7) is 3.00. The number of piperidine rings is 1. The number of benzene rings is 1. The van der Waals surface area contributed by atoms with Crippen molar-refractivity contribution in [1.82, 2.24) is 14.9 Å². The number of nitrogens with one attached hydrogen (secondary N) is 1. The van der Waals surface area contributed by atoms with Gasteiger partial charge in [0.05, 0.1) is 42.2 Å². The van der Waals surface area contributed by atoms with Crippen molar-refractivity contribution in [1.29, 1.82) is 5.26 Å². The molecule has 1 aromatic heterocycles. The smallest absolute Gasteiger partial charge is 0.410 e. The molecule has 1 saturated carbocycles. The van der Waals surface area contributed by atoms with Crippen molar-refractivity contribution in [3.8, 4) is 11.9 Å². The number of hydrogen-bond acceptors (Lipinski definition) is 10. The zero-order chi connectivity index (χ0) is 26.9. The fraction of sp³-hybridized carbons (Fsp3) is 0.480. The SMILES string of the molecule is CCOC(=O)C1(OC(=O)N2CC3COCC(C2)C3Oc2ncnc(Nc3ccc(C#N)cc3Cl)c2F)CC1. The highest BCUT2D eigenvalue weighted by Gasteiger charge is 2.57. The monoisotopic (exact) mass is 545 g/mol. The molecule has 2 aliphatic heterocycles. The van der Waals surface area contributed by atoms with Gasteiger partial charge in [-0.15, -0.1) is 0 Å². The number of fused-ring (bicyclic) bond motifs is 2. The molecule has 3 heterocycles. The largest absolute Gasteiger partial charge is 0.471 e. The van der Waals surface area contributed by atoms with Crippen LogP contribution in [0.4, 0.5) is 20.7 Å². The maximum absolute atomic E-state index is 15.3. The number of nitriles is 1. The number of likely N-dealkylation sites (tertiary alicyclic amines) is 1. The Morgan fingerprint density at radius 3 is 2.66 bits per heavy atom. The van der Waals surface area contributed by atoms with E-state index in [0.717, 1.165) is 0 Å².